The van der Waals surface area contributed by atoms with Crippen LogP contribution in [0, 0.1) is 12.8 Å². The van der Waals surface area contributed by atoms with Gasteiger partial charge in [-0.3, -0.25) is 19.2 Å². The fraction of sp³-hybridized carbons (Fsp3) is 0.545. The number of aromatic nitrogens is 2. The van der Waals surface area contributed by atoms with E-state index in [-0.39, 0.29) is 23.6 Å². The summed E-state index contributed by atoms with van der Waals surface area (Å²) in [6.45, 7) is 8.50. The fourth-order valence-corrected chi connectivity index (χ4v) is 4.32. The lowest BCUT2D eigenvalue weighted by atomic mass is 10.0. The van der Waals surface area contributed by atoms with Gasteiger partial charge in [0, 0.05) is 50.4 Å². The summed E-state index contributed by atoms with van der Waals surface area (Å²) in [5.74, 6) is 0.581. The van der Waals surface area contributed by atoms with Crippen LogP contribution in [0.1, 0.15) is 37.9 Å². The van der Waals surface area contributed by atoms with Crippen LogP contribution in [0.4, 0.5) is 0 Å². The molecule has 0 radical (unpaired) electrons. The van der Waals surface area contributed by atoms with Crippen LogP contribution in [0.25, 0.3) is 5.69 Å². The third-order valence-electron chi connectivity index (χ3n) is 6.64. The quantitative estimate of drug-likeness (QED) is 0.815. The maximum absolute atomic E-state index is 13.2. The molecule has 1 saturated heterocycles. The summed E-state index contributed by atoms with van der Waals surface area (Å²) in [4.78, 5) is 30.1. The number of piperazine rings is 1. The van der Waals surface area contributed by atoms with E-state index in [0.717, 1.165) is 42.9 Å². The number of hydrogen-bond acceptors (Lipinski definition) is 3. The second-order valence-electron chi connectivity index (χ2n) is 8.30. The normalized spacial score (nSPS) is 23.2. The van der Waals surface area contributed by atoms with Crippen molar-refractivity contribution in [3.05, 3.63) is 51.9 Å². The average molecular weight is 383 g/mol. The SMILES string of the molecule is Cc1c(CN2CCN(C(=O)C3CC3)[C@H](C)[C@H]2C)c(=O)n(-c2ccccc2)n1C. The van der Waals surface area contributed by atoms with Crippen molar-refractivity contribution < 1.29 is 4.79 Å². The third-order valence-corrected chi connectivity index (χ3v) is 6.64. The summed E-state index contributed by atoms with van der Waals surface area (Å²) in [7, 11) is 1.94. The molecule has 1 saturated carbocycles. The van der Waals surface area contributed by atoms with Gasteiger partial charge in [0.15, 0.2) is 0 Å². The highest BCUT2D eigenvalue weighted by molar-refractivity contribution is 5.81. The van der Waals surface area contributed by atoms with Crippen molar-refractivity contribution >= 4 is 5.91 Å². The van der Waals surface area contributed by atoms with Gasteiger partial charge in [0.05, 0.1) is 11.3 Å². The molecule has 2 fully saturated rings. The van der Waals surface area contributed by atoms with Crippen LogP contribution in [-0.4, -0.2) is 50.2 Å². The van der Waals surface area contributed by atoms with Crippen molar-refractivity contribution in [1.82, 2.24) is 19.2 Å². The Labute approximate surface area is 166 Å². The molecule has 0 N–H and O–H groups in total. The largest absolute Gasteiger partial charge is 0.337 e. The lowest BCUT2D eigenvalue weighted by Gasteiger charge is -2.45. The van der Waals surface area contributed by atoms with E-state index in [1.807, 2.05) is 49.0 Å². The van der Waals surface area contributed by atoms with Crippen LogP contribution >= 0.6 is 0 Å². The molecule has 0 unspecified atom stereocenters. The molecule has 2 aliphatic rings. The molecular formula is C22H30N4O2. The van der Waals surface area contributed by atoms with E-state index >= 15 is 0 Å². The number of amides is 1. The first kappa shape index (κ1) is 19.0. The van der Waals surface area contributed by atoms with Crippen LogP contribution in [-0.2, 0) is 18.4 Å². The maximum Gasteiger partial charge on any atom is 0.276 e. The van der Waals surface area contributed by atoms with E-state index in [1.54, 1.807) is 4.68 Å². The van der Waals surface area contributed by atoms with Crippen molar-refractivity contribution in [3.63, 3.8) is 0 Å². The minimum atomic E-state index is 0.0440. The number of rotatable bonds is 4. The molecule has 2 atom stereocenters. The number of hydrogen-bond donors (Lipinski definition) is 0. The van der Waals surface area contributed by atoms with Crippen molar-refractivity contribution in [1.29, 1.82) is 0 Å². The molecule has 6 nitrogen and oxygen atoms in total. The molecule has 1 aromatic heterocycles. The molecule has 0 bridgehead atoms. The second kappa shape index (κ2) is 7.24. The van der Waals surface area contributed by atoms with E-state index in [2.05, 4.69) is 23.6 Å². The van der Waals surface area contributed by atoms with Crippen LogP contribution in [0.15, 0.2) is 35.1 Å². The topological polar surface area (TPSA) is 50.5 Å². The minimum Gasteiger partial charge on any atom is -0.337 e. The fourth-order valence-electron chi connectivity index (χ4n) is 4.32. The minimum absolute atomic E-state index is 0.0440. The Balaban J connectivity index is 1.57. The Morgan fingerprint density at radius 1 is 1.07 bits per heavy atom. The van der Waals surface area contributed by atoms with Crippen LogP contribution in [0.5, 0.6) is 0 Å². The summed E-state index contributed by atoms with van der Waals surface area (Å²) in [6.07, 6.45) is 2.09. The van der Waals surface area contributed by atoms with E-state index < -0.39 is 0 Å². The van der Waals surface area contributed by atoms with Gasteiger partial charge >= 0.3 is 0 Å². The Kier molecular flexibility index (Phi) is 4.91. The van der Waals surface area contributed by atoms with Crippen molar-refractivity contribution in [2.75, 3.05) is 13.1 Å². The molecule has 1 aliphatic heterocycles. The monoisotopic (exact) mass is 382 g/mol. The molecule has 1 aromatic carbocycles. The van der Waals surface area contributed by atoms with Gasteiger partial charge in [0.1, 0.15) is 0 Å². The molecule has 2 heterocycles. The molecule has 2 aromatic rings. The molecule has 150 valence electrons. The number of carbonyl (C=O) groups excluding carboxylic acids is 1. The van der Waals surface area contributed by atoms with Gasteiger partial charge in [-0.25, -0.2) is 4.68 Å². The highest BCUT2D eigenvalue weighted by Crippen LogP contribution is 2.33. The summed E-state index contributed by atoms with van der Waals surface area (Å²) in [5, 5.41) is 0. The van der Waals surface area contributed by atoms with E-state index in [4.69, 9.17) is 0 Å². The molecule has 28 heavy (non-hydrogen) atoms. The number of carbonyl (C=O) groups is 1. The molecule has 6 heteroatoms. The maximum atomic E-state index is 13.2. The zero-order valence-corrected chi connectivity index (χ0v) is 17.3. The predicted octanol–water partition coefficient (Wildman–Crippen LogP) is 2.32. The van der Waals surface area contributed by atoms with Gasteiger partial charge in [0.2, 0.25) is 5.91 Å². The van der Waals surface area contributed by atoms with Crippen LogP contribution < -0.4 is 5.56 Å². The Hall–Kier alpha value is -2.34. The Morgan fingerprint density at radius 3 is 2.39 bits per heavy atom. The molecule has 4 rings (SSSR count). The summed E-state index contributed by atoms with van der Waals surface area (Å²) in [5.41, 5.74) is 2.76. The van der Waals surface area contributed by atoms with Crippen molar-refractivity contribution in [2.24, 2.45) is 13.0 Å². The van der Waals surface area contributed by atoms with E-state index in [9.17, 15) is 9.59 Å². The number of para-hydroxylation sites is 1. The van der Waals surface area contributed by atoms with Crippen LogP contribution in [0.2, 0.25) is 0 Å². The van der Waals surface area contributed by atoms with Crippen molar-refractivity contribution in [2.45, 2.75) is 52.2 Å². The summed E-state index contributed by atoms with van der Waals surface area (Å²) < 4.78 is 3.68. The first-order valence-corrected chi connectivity index (χ1v) is 10.3. The summed E-state index contributed by atoms with van der Waals surface area (Å²) in [6, 6.07) is 10.2. The smallest absolute Gasteiger partial charge is 0.276 e. The zero-order valence-electron chi connectivity index (χ0n) is 17.3. The Bertz CT molecular complexity index is 926. The lowest BCUT2D eigenvalue weighted by molar-refractivity contribution is -0.139. The van der Waals surface area contributed by atoms with Gasteiger partial charge in [-0.05, 0) is 45.7 Å². The molecule has 0 spiro atoms. The van der Waals surface area contributed by atoms with E-state index in [1.165, 1.54) is 0 Å². The van der Waals surface area contributed by atoms with Gasteiger partial charge in [-0.2, -0.15) is 0 Å². The first-order valence-electron chi connectivity index (χ1n) is 10.3. The highest BCUT2D eigenvalue weighted by Gasteiger charge is 2.40. The summed E-state index contributed by atoms with van der Waals surface area (Å²) >= 11 is 0. The number of nitrogens with zero attached hydrogens (tertiary/aromatic N) is 4. The first-order chi connectivity index (χ1) is 13.4. The highest BCUT2D eigenvalue weighted by atomic mass is 16.2. The second-order valence-corrected chi connectivity index (χ2v) is 8.30. The van der Waals surface area contributed by atoms with Gasteiger partial charge in [-0.1, -0.05) is 18.2 Å². The zero-order chi connectivity index (χ0) is 20.0. The lowest BCUT2D eigenvalue weighted by Crippen LogP contribution is -2.59. The Morgan fingerprint density at radius 2 is 1.75 bits per heavy atom. The van der Waals surface area contributed by atoms with Gasteiger partial charge in [-0.15, -0.1) is 0 Å². The van der Waals surface area contributed by atoms with Gasteiger partial charge in [0.25, 0.3) is 5.56 Å². The molecule has 1 aliphatic carbocycles. The van der Waals surface area contributed by atoms with Crippen molar-refractivity contribution in [3.8, 4) is 5.69 Å². The van der Waals surface area contributed by atoms with E-state index in [0.29, 0.717) is 12.5 Å². The van der Waals surface area contributed by atoms with Gasteiger partial charge < -0.3 is 4.90 Å². The molecular weight excluding hydrogens is 352 g/mol. The molecule has 1 amide bonds. The predicted molar refractivity (Wildman–Crippen MR) is 110 cm³/mol. The average Bonchev–Trinajstić information content (AvgIpc) is 3.51. The standard InChI is InChI=1S/C22H30N4O2/c1-15-16(2)25(21(27)18-10-11-18)13-12-24(15)14-20-17(3)23(4)26(22(20)28)19-8-6-5-7-9-19/h5-9,15-16,18H,10-14H2,1-4H3/t15-,16-/m1/s1. The van der Waals surface area contributed by atoms with Crippen LogP contribution in [0.3, 0.4) is 0 Å². The third kappa shape index (κ3) is 3.20. The number of benzene rings is 1.